The highest BCUT2D eigenvalue weighted by molar-refractivity contribution is 6.12. The quantitative estimate of drug-likeness (QED) is 0.708. The number of piperidine rings is 1. The molecule has 1 aliphatic carbocycles. The van der Waals surface area contributed by atoms with Crippen LogP contribution in [-0.4, -0.2) is 34.1 Å². The number of carbonyl (C=O) groups is 4. The van der Waals surface area contributed by atoms with Crippen LogP contribution in [0.1, 0.15) is 51.9 Å². The molecule has 6 heteroatoms. The number of hydrogen-bond donors (Lipinski definition) is 1. The Morgan fingerprint density at radius 3 is 2.30 bits per heavy atom. The summed E-state index contributed by atoms with van der Waals surface area (Å²) in [6, 6.07) is 0. The standard InChI is InChI=1S/C14H18N2O4/c1-13(7-4-9(17)15-11(13)19)16-10(18)8-14(12(16)20)5-2-3-6-14/h2-8H2,1H3,(H,15,17,19). The Bertz CT molecular complexity index is 521. The van der Waals surface area contributed by atoms with Crippen LogP contribution in [0.3, 0.4) is 0 Å². The van der Waals surface area contributed by atoms with Crippen LogP contribution in [0.15, 0.2) is 0 Å². The molecule has 0 bridgehead atoms. The van der Waals surface area contributed by atoms with Crippen LogP contribution in [-0.2, 0) is 19.2 Å². The molecule has 108 valence electrons. The number of rotatable bonds is 1. The average Bonchev–Trinajstić information content (AvgIpc) is 2.93. The van der Waals surface area contributed by atoms with Gasteiger partial charge in [0.15, 0.2) is 0 Å². The predicted octanol–water partition coefficient (Wildman–Crippen LogP) is 0.501. The molecule has 1 saturated carbocycles. The third-order valence-corrected chi connectivity index (χ3v) is 5.03. The molecule has 2 aliphatic heterocycles. The summed E-state index contributed by atoms with van der Waals surface area (Å²) in [6.45, 7) is 1.58. The first-order chi connectivity index (χ1) is 9.39. The van der Waals surface area contributed by atoms with Crippen molar-refractivity contribution in [1.82, 2.24) is 10.2 Å². The second-order valence-electron chi connectivity index (χ2n) is 6.35. The minimum Gasteiger partial charge on any atom is -0.294 e. The van der Waals surface area contributed by atoms with Crippen molar-refractivity contribution >= 4 is 23.6 Å². The van der Waals surface area contributed by atoms with E-state index >= 15 is 0 Å². The van der Waals surface area contributed by atoms with Gasteiger partial charge < -0.3 is 0 Å². The number of imide groups is 2. The van der Waals surface area contributed by atoms with Gasteiger partial charge in [-0.25, -0.2) is 0 Å². The van der Waals surface area contributed by atoms with Crippen LogP contribution < -0.4 is 5.32 Å². The first-order valence-corrected chi connectivity index (χ1v) is 7.11. The monoisotopic (exact) mass is 278 g/mol. The second kappa shape index (κ2) is 4.14. The zero-order valence-corrected chi connectivity index (χ0v) is 11.5. The van der Waals surface area contributed by atoms with E-state index in [0.717, 1.165) is 30.6 Å². The van der Waals surface area contributed by atoms with Crippen molar-refractivity contribution in [3.63, 3.8) is 0 Å². The molecule has 20 heavy (non-hydrogen) atoms. The molecule has 1 spiro atoms. The van der Waals surface area contributed by atoms with Crippen molar-refractivity contribution in [3.8, 4) is 0 Å². The van der Waals surface area contributed by atoms with Crippen molar-refractivity contribution in [2.75, 3.05) is 0 Å². The number of nitrogens with zero attached hydrogens (tertiary/aromatic N) is 1. The van der Waals surface area contributed by atoms with Crippen molar-refractivity contribution in [1.29, 1.82) is 0 Å². The minimum atomic E-state index is -1.21. The summed E-state index contributed by atoms with van der Waals surface area (Å²) in [6.07, 6.45) is 3.94. The molecule has 6 nitrogen and oxygen atoms in total. The molecule has 0 aromatic carbocycles. The van der Waals surface area contributed by atoms with Gasteiger partial charge in [-0.3, -0.25) is 29.4 Å². The molecular weight excluding hydrogens is 260 g/mol. The molecule has 2 heterocycles. The Labute approximate surface area is 116 Å². The van der Waals surface area contributed by atoms with Gasteiger partial charge in [-0.2, -0.15) is 0 Å². The highest BCUT2D eigenvalue weighted by Crippen LogP contribution is 2.49. The van der Waals surface area contributed by atoms with Crippen molar-refractivity contribution in [3.05, 3.63) is 0 Å². The number of amides is 4. The van der Waals surface area contributed by atoms with Crippen LogP contribution in [0.2, 0.25) is 0 Å². The number of nitrogens with one attached hydrogen (secondary N) is 1. The molecule has 1 atom stereocenters. The molecule has 0 aromatic heterocycles. The van der Waals surface area contributed by atoms with Crippen LogP contribution in [0.5, 0.6) is 0 Å². The lowest BCUT2D eigenvalue weighted by Crippen LogP contribution is -2.63. The summed E-state index contributed by atoms with van der Waals surface area (Å²) in [5.74, 6) is -1.37. The van der Waals surface area contributed by atoms with Gasteiger partial charge in [-0.05, 0) is 26.2 Å². The summed E-state index contributed by atoms with van der Waals surface area (Å²) in [7, 11) is 0. The maximum Gasteiger partial charge on any atom is 0.252 e. The van der Waals surface area contributed by atoms with Crippen molar-refractivity contribution in [2.24, 2.45) is 5.41 Å². The first-order valence-electron chi connectivity index (χ1n) is 7.11. The molecule has 3 fully saturated rings. The van der Waals surface area contributed by atoms with E-state index < -0.39 is 16.9 Å². The van der Waals surface area contributed by atoms with Gasteiger partial charge in [0.25, 0.3) is 5.91 Å². The summed E-state index contributed by atoms with van der Waals surface area (Å²) in [5, 5.41) is 2.24. The highest BCUT2D eigenvalue weighted by Gasteiger charge is 2.59. The Hall–Kier alpha value is -1.72. The van der Waals surface area contributed by atoms with E-state index in [2.05, 4.69) is 5.32 Å². The highest BCUT2D eigenvalue weighted by atomic mass is 16.2. The smallest absolute Gasteiger partial charge is 0.252 e. The predicted molar refractivity (Wildman–Crippen MR) is 68.2 cm³/mol. The lowest BCUT2D eigenvalue weighted by atomic mass is 9.83. The van der Waals surface area contributed by atoms with Gasteiger partial charge >= 0.3 is 0 Å². The second-order valence-corrected chi connectivity index (χ2v) is 6.35. The van der Waals surface area contributed by atoms with Gasteiger partial charge in [0.1, 0.15) is 5.54 Å². The maximum absolute atomic E-state index is 12.7. The van der Waals surface area contributed by atoms with Gasteiger partial charge in [0.05, 0.1) is 5.41 Å². The third-order valence-electron chi connectivity index (χ3n) is 5.03. The fraction of sp³-hybridized carbons (Fsp3) is 0.714. The fourth-order valence-corrected chi connectivity index (χ4v) is 3.74. The molecule has 3 rings (SSSR count). The summed E-state index contributed by atoms with van der Waals surface area (Å²) in [4.78, 5) is 49.6. The summed E-state index contributed by atoms with van der Waals surface area (Å²) < 4.78 is 0. The lowest BCUT2D eigenvalue weighted by molar-refractivity contribution is -0.159. The van der Waals surface area contributed by atoms with Gasteiger partial charge in [-0.15, -0.1) is 0 Å². The molecule has 0 radical (unpaired) electrons. The molecule has 1 N–H and O–H groups in total. The Morgan fingerprint density at radius 2 is 1.70 bits per heavy atom. The Balaban J connectivity index is 1.93. The molecule has 4 amide bonds. The average molecular weight is 278 g/mol. The molecular formula is C14H18N2O4. The van der Waals surface area contributed by atoms with Crippen LogP contribution >= 0.6 is 0 Å². The number of carbonyl (C=O) groups excluding carboxylic acids is 4. The fourth-order valence-electron chi connectivity index (χ4n) is 3.74. The van der Waals surface area contributed by atoms with E-state index in [1.807, 2.05) is 0 Å². The van der Waals surface area contributed by atoms with E-state index in [-0.39, 0.29) is 37.0 Å². The van der Waals surface area contributed by atoms with Crippen LogP contribution in [0.25, 0.3) is 0 Å². The third kappa shape index (κ3) is 1.63. The molecule has 2 saturated heterocycles. The number of hydrogen-bond acceptors (Lipinski definition) is 4. The topological polar surface area (TPSA) is 83.6 Å². The number of likely N-dealkylation sites (tertiary alicyclic amines) is 1. The van der Waals surface area contributed by atoms with E-state index in [1.54, 1.807) is 6.92 Å². The van der Waals surface area contributed by atoms with Crippen molar-refractivity contribution < 1.29 is 19.2 Å². The zero-order valence-electron chi connectivity index (χ0n) is 11.5. The Kier molecular flexibility index (Phi) is 2.74. The zero-order chi connectivity index (χ0) is 14.5. The largest absolute Gasteiger partial charge is 0.294 e. The van der Waals surface area contributed by atoms with E-state index in [9.17, 15) is 19.2 Å². The first kappa shape index (κ1) is 13.3. The molecule has 3 aliphatic rings. The van der Waals surface area contributed by atoms with Crippen LogP contribution in [0, 0.1) is 5.41 Å². The van der Waals surface area contributed by atoms with Gasteiger partial charge in [-0.1, -0.05) is 12.8 Å². The van der Waals surface area contributed by atoms with Gasteiger partial charge in [0.2, 0.25) is 17.7 Å². The summed E-state index contributed by atoms with van der Waals surface area (Å²) >= 11 is 0. The maximum atomic E-state index is 12.7. The minimum absolute atomic E-state index is 0.159. The lowest BCUT2D eigenvalue weighted by Gasteiger charge is -2.39. The normalized spacial score (nSPS) is 33.1. The molecule has 0 aromatic rings. The van der Waals surface area contributed by atoms with E-state index in [0.29, 0.717) is 0 Å². The van der Waals surface area contributed by atoms with Crippen molar-refractivity contribution in [2.45, 2.75) is 57.4 Å². The summed E-state index contributed by atoms with van der Waals surface area (Å²) in [5.41, 5.74) is -1.80. The van der Waals surface area contributed by atoms with Crippen LogP contribution in [0.4, 0.5) is 0 Å². The van der Waals surface area contributed by atoms with E-state index in [4.69, 9.17) is 0 Å². The SMILES string of the molecule is CC1(N2C(=O)CC3(CCCC3)C2=O)CCC(=O)NC1=O. The van der Waals surface area contributed by atoms with E-state index in [1.165, 1.54) is 0 Å². The molecule has 1 unspecified atom stereocenters. The Morgan fingerprint density at radius 1 is 1.05 bits per heavy atom. The van der Waals surface area contributed by atoms with Gasteiger partial charge in [0, 0.05) is 12.8 Å².